The maximum absolute atomic E-state index is 13.0. The van der Waals surface area contributed by atoms with E-state index in [1.54, 1.807) is 0 Å². The first-order chi connectivity index (χ1) is 41.2. The van der Waals surface area contributed by atoms with Crippen molar-refractivity contribution in [3.05, 3.63) is 0 Å². The monoisotopic (exact) mass is 1250 g/mol. The van der Waals surface area contributed by atoms with Crippen molar-refractivity contribution >= 4 is 39.5 Å². The molecule has 5 atom stereocenters. The molecule has 0 spiro atoms. The van der Waals surface area contributed by atoms with Crippen molar-refractivity contribution in [1.82, 2.24) is 0 Å². The first-order valence-corrected chi connectivity index (χ1v) is 37.8. The van der Waals surface area contributed by atoms with Gasteiger partial charge in [0.2, 0.25) is 0 Å². The Labute approximate surface area is 517 Å². The standard InChI is InChI=1S/C66H128O17P2/c1-5-9-13-17-20-23-26-28-30-32-34-37-39-43-46-50-63(68)76-56-61(82-65(70)52-48-42-16-12-8-4)58-80-84(72,73)78-54-60(67)55-79-85(74,75)81-59-62(83-66(71)53-49-45-41-36-25-22-19-15-11-7-3)57-77-64(69)51-47-44-40-38-35-33-31-29-27-24-21-18-14-10-6-2/h60-62,67H,5-59H2,1-4H3,(H,72,73)(H,74,75)/t60-,61-,62-/m1/s1. The van der Waals surface area contributed by atoms with Gasteiger partial charge in [0.15, 0.2) is 12.2 Å². The molecule has 0 aromatic rings. The van der Waals surface area contributed by atoms with E-state index in [1.807, 2.05) is 0 Å². The first kappa shape index (κ1) is 83.1. The van der Waals surface area contributed by atoms with Gasteiger partial charge in [0.05, 0.1) is 26.4 Å². The molecule has 0 saturated carbocycles. The predicted molar refractivity (Wildman–Crippen MR) is 340 cm³/mol. The molecule has 0 aliphatic rings. The number of phosphoric ester groups is 2. The van der Waals surface area contributed by atoms with Crippen LogP contribution in [0.25, 0.3) is 0 Å². The summed E-state index contributed by atoms with van der Waals surface area (Å²) in [6.07, 6.45) is 47.6. The van der Waals surface area contributed by atoms with E-state index in [4.69, 9.17) is 37.0 Å². The fourth-order valence-corrected chi connectivity index (χ4v) is 11.6. The van der Waals surface area contributed by atoms with E-state index in [-0.39, 0.29) is 25.7 Å². The van der Waals surface area contributed by atoms with Crippen LogP contribution >= 0.6 is 15.6 Å². The second-order valence-electron chi connectivity index (χ2n) is 23.9. The molecule has 19 heteroatoms. The Bertz CT molecular complexity index is 1640. The van der Waals surface area contributed by atoms with Crippen molar-refractivity contribution in [3.8, 4) is 0 Å². The van der Waals surface area contributed by atoms with Gasteiger partial charge in [-0.2, -0.15) is 0 Å². The number of phosphoric acid groups is 2. The van der Waals surface area contributed by atoms with Crippen LogP contribution in [0.4, 0.5) is 0 Å². The van der Waals surface area contributed by atoms with Crippen molar-refractivity contribution < 1.29 is 80.2 Å². The zero-order chi connectivity index (χ0) is 62.6. The zero-order valence-electron chi connectivity index (χ0n) is 54.6. The minimum Gasteiger partial charge on any atom is -0.462 e. The molecule has 0 aromatic carbocycles. The number of hydrogen-bond acceptors (Lipinski definition) is 15. The Morgan fingerprint density at radius 1 is 0.282 bits per heavy atom. The molecule has 0 rings (SSSR count). The third-order valence-electron chi connectivity index (χ3n) is 15.4. The molecule has 3 N–H and O–H groups in total. The highest BCUT2D eigenvalue weighted by Crippen LogP contribution is 2.45. The number of hydrogen-bond donors (Lipinski definition) is 3. The van der Waals surface area contributed by atoms with Gasteiger partial charge in [-0.25, -0.2) is 9.13 Å². The second kappa shape index (κ2) is 60.9. The number of ether oxygens (including phenoxy) is 4. The number of rotatable bonds is 67. The second-order valence-corrected chi connectivity index (χ2v) is 26.8. The van der Waals surface area contributed by atoms with Crippen LogP contribution in [0.3, 0.4) is 0 Å². The van der Waals surface area contributed by atoms with Gasteiger partial charge < -0.3 is 33.8 Å². The highest BCUT2D eigenvalue weighted by atomic mass is 31.2. The van der Waals surface area contributed by atoms with Crippen LogP contribution in [-0.4, -0.2) is 96.7 Å². The topological polar surface area (TPSA) is 237 Å². The largest absolute Gasteiger partial charge is 0.472 e. The average molecular weight is 1260 g/mol. The minimum absolute atomic E-state index is 0.101. The maximum atomic E-state index is 13.0. The van der Waals surface area contributed by atoms with Gasteiger partial charge in [-0.3, -0.25) is 37.3 Å². The molecule has 0 bridgehead atoms. The Kier molecular flexibility index (Phi) is 59.6. The van der Waals surface area contributed by atoms with Gasteiger partial charge in [-0.05, 0) is 25.7 Å². The van der Waals surface area contributed by atoms with Crippen molar-refractivity contribution in [2.75, 3.05) is 39.6 Å². The summed E-state index contributed by atoms with van der Waals surface area (Å²) in [7, 11) is -9.88. The summed E-state index contributed by atoms with van der Waals surface area (Å²) in [4.78, 5) is 72.0. The van der Waals surface area contributed by atoms with Crippen LogP contribution in [-0.2, 0) is 65.4 Å². The Balaban J connectivity index is 5.07. The van der Waals surface area contributed by atoms with Gasteiger partial charge in [0, 0.05) is 25.7 Å². The number of unbranched alkanes of at least 4 members (excludes halogenated alkanes) is 41. The number of aliphatic hydroxyl groups excluding tert-OH is 1. The molecule has 0 aliphatic carbocycles. The van der Waals surface area contributed by atoms with Crippen LogP contribution in [0.15, 0.2) is 0 Å². The molecule has 0 saturated heterocycles. The highest BCUT2D eigenvalue weighted by molar-refractivity contribution is 7.47. The quantitative estimate of drug-likeness (QED) is 0.0222. The van der Waals surface area contributed by atoms with E-state index in [0.717, 1.165) is 89.9 Å². The highest BCUT2D eigenvalue weighted by Gasteiger charge is 2.30. The molecule has 0 aromatic heterocycles. The predicted octanol–water partition coefficient (Wildman–Crippen LogP) is 18.7. The molecule has 0 amide bonds. The SMILES string of the molecule is CCCCCCCCCCCCCCCCCC(=O)OC[C@H](COP(=O)(O)OC[C@@H](O)COP(=O)(O)OC[C@@H](COC(=O)CCCCCCCCCCCCCCCCC)OC(=O)CCCCCCCCCCCC)OC(=O)CCCCCCC. The molecule has 17 nitrogen and oxygen atoms in total. The van der Waals surface area contributed by atoms with Crippen LogP contribution in [0.5, 0.6) is 0 Å². The van der Waals surface area contributed by atoms with Crippen molar-refractivity contribution in [2.45, 2.75) is 361 Å². The molecule has 0 radical (unpaired) electrons. The lowest BCUT2D eigenvalue weighted by Crippen LogP contribution is -2.30. The summed E-state index contributed by atoms with van der Waals surface area (Å²) in [5.74, 6) is -2.14. The van der Waals surface area contributed by atoms with Crippen molar-refractivity contribution in [3.63, 3.8) is 0 Å². The normalized spacial score (nSPS) is 14.1. The van der Waals surface area contributed by atoms with E-state index in [1.165, 1.54) is 173 Å². The molecular weight excluding hydrogens is 1130 g/mol. The van der Waals surface area contributed by atoms with E-state index in [9.17, 15) is 43.2 Å². The summed E-state index contributed by atoms with van der Waals surface area (Å²) in [6, 6.07) is 0. The molecule has 504 valence electrons. The smallest absolute Gasteiger partial charge is 0.462 e. The lowest BCUT2D eigenvalue weighted by molar-refractivity contribution is -0.161. The van der Waals surface area contributed by atoms with E-state index in [2.05, 4.69) is 27.7 Å². The van der Waals surface area contributed by atoms with E-state index < -0.39 is 97.5 Å². The van der Waals surface area contributed by atoms with E-state index in [0.29, 0.717) is 25.7 Å². The van der Waals surface area contributed by atoms with Gasteiger partial charge in [0.1, 0.15) is 19.3 Å². The lowest BCUT2D eigenvalue weighted by atomic mass is 10.0. The van der Waals surface area contributed by atoms with Crippen LogP contribution in [0.2, 0.25) is 0 Å². The summed E-state index contributed by atoms with van der Waals surface area (Å²) in [6.45, 7) is 4.82. The van der Waals surface area contributed by atoms with Crippen LogP contribution in [0, 0.1) is 0 Å². The Morgan fingerprint density at radius 2 is 0.471 bits per heavy atom. The van der Waals surface area contributed by atoms with Gasteiger partial charge in [-0.1, -0.05) is 291 Å². The summed E-state index contributed by atoms with van der Waals surface area (Å²) < 4.78 is 67.9. The number of carbonyl (C=O) groups excluding carboxylic acids is 4. The van der Waals surface area contributed by atoms with Crippen LogP contribution in [0.1, 0.15) is 342 Å². The molecule has 85 heavy (non-hydrogen) atoms. The summed E-state index contributed by atoms with van der Waals surface area (Å²) >= 11 is 0. The van der Waals surface area contributed by atoms with Crippen molar-refractivity contribution in [1.29, 1.82) is 0 Å². The first-order valence-electron chi connectivity index (χ1n) is 34.8. The Hall–Kier alpha value is -1.94. The third kappa shape index (κ3) is 60.7. The number of carbonyl (C=O) groups is 4. The number of esters is 4. The average Bonchev–Trinajstić information content (AvgIpc) is 3.48. The summed E-state index contributed by atoms with van der Waals surface area (Å²) in [5.41, 5.74) is 0. The van der Waals surface area contributed by atoms with Crippen molar-refractivity contribution in [2.24, 2.45) is 0 Å². The van der Waals surface area contributed by atoms with Crippen LogP contribution < -0.4 is 0 Å². The summed E-state index contributed by atoms with van der Waals surface area (Å²) in [5, 5.41) is 10.5. The van der Waals surface area contributed by atoms with Gasteiger partial charge in [0.25, 0.3) is 0 Å². The fraction of sp³-hybridized carbons (Fsp3) is 0.939. The third-order valence-corrected chi connectivity index (χ3v) is 17.3. The lowest BCUT2D eigenvalue weighted by Gasteiger charge is -2.21. The van der Waals surface area contributed by atoms with Gasteiger partial charge in [-0.15, -0.1) is 0 Å². The maximum Gasteiger partial charge on any atom is 0.472 e. The van der Waals surface area contributed by atoms with E-state index >= 15 is 0 Å². The fourth-order valence-electron chi connectivity index (χ4n) is 9.99. The molecule has 0 heterocycles. The molecule has 0 aliphatic heterocycles. The molecular formula is C66H128O17P2. The molecule has 0 fully saturated rings. The van der Waals surface area contributed by atoms with Gasteiger partial charge >= 0.3 is 39.5 Å². The zero-order valence-corrected chi connectivity index (χ0v) is 56.4. The minimum atomic E-state index is -4.94. The molecule has 2 unspecified atom stereocenters. The number of aliphatic hydroxyl groups is 1. The Morgan fingerprint density at radius 3 is 0.694 bits per heavy atom.